The maximum absolute atomic E-state index is 13.3. The molecule has 32 heavy (non-hydrogen) atoms. The predicted octanol–water partition coefficient (Wildman–Crippen LogP) is 4.30. The quantitative estimate of drug-likeness (QED) is 0.411. The van der Waals surface area contributed by atoms with E-state index < -0.39 is 0 Å². The van der Waals surface area contributed by atoms with Crippen LogP contribution in [-0.4, -0.2) is 40.5 Å². The number of carbonyl (C=O) groups is 1. The van der Waals surface area contributed by atoms with Gasteiger partial charge in [-0.1, -0.05) is 41.6 Å². The van der Waals surface area contributed by atoms with Gasteiger partial charge in [-0.05, 0) is 55.5 Å². The van der Waals surface area contributed by atoms with Crippen molar-refractivity contribution in [3.05, 3.63) is 63.4 Å². The van der Waals surface area contributed by atoms with Crippen LogP contribution in [0.25, 0.3) is 10.9 Å². The summed E-state index contributed by atoms with van der Waals surface area (Å²) in [6, 6.07) is 13.2. The molecule has 1 unspecified atom stereocenters. The molecule has 2 aromatic carbocycles. The number of carbonyl (C=O) groups excluding carboxylic acids is 1. The minimum Gasteiger partial charge on any atom is -0.376 e. The molecule has 0 radical (unpaired) electrons. The Hall–Kier alpha value is -2.35. The van der Waals surface area contributed by atoms with E-state index in [4.69, 9.17) is 21.3 Å². The van der Waals surface area contributed by atoms with E-state index in [9.17, 15) is 9.59 Å². The van der Waals surface area contributed by atoms with Crippen LogP contribution in [0.5, 0.6) is 0 Å². The smallest absolute Gasteiger partial charge is 0.262 e. The lowest BCUT2D eigenvalue weighted by Crippen LogP contribution is -2.37. The number of aromatic nitrogens is 2. The maximum atomic E-state index is 13.3. The van der Waals surface area contributed by atoms with Gasteiger partial charge in [-0.25, -0.2) is 4.98 Å². The van der Waals surface area contributed by atoms with Gasteiger partial charge < -0.3 is 9.64 Å². The molecule has 0 saturated carbocycles. The number of anilines is 1. The molecule has 0 bridgehead atoms. The van der Waals surface area contributed by atoms with E-state index in [1.165, 1.54) is 17.3 Å². The molecule has 8 heteroatoms. The number of fused-ring (bicyclic) bond motifs is 2. The van der Waals surface area contributed by atoms with Crippen molar-refractivity contribution in [2.45, 2.75) is 43.5 Å². The molecular weight excluding hydrogens is 446 g/mol. The van der Waals surface area contributed by atoms with Gasteiger partial charge in [-0.3, -0.25) is 14.2 Å². The maximum Gasteiger partial charge on any atom is 0.262 e. The van der Waals surface area contributed by atoms with E-state index in [-0.39, 0.29) is 23.3 Å². The Balaban J connectivity index is 1.44. The van der Waals surface area contributed by atoms with Crippen LogP contribution in [0.1, 0.15) is 24.8 Å². The van der Waals surface area contributed by atoms with Crippen LogP contribution >= 0.6 is 23.4 Å². The Morgan fingerprint density at radius 2 is 2.09 bits per heavy atom. The average Bonchev–Trinajstić information content (AvgIpc) is 3.32. The number of amides is 1. The average molecular weight is 470 g/mol. The van der Waals surface area contributed by atoms with E-state index in [0.717, 1.165) is 31.4 Å². The third-order valence-electron chi connectivity index (χ3n) is 6.03. The fourth-order valence-corrected chi connectivity index (χ4v) is 5.48. The number of ether oxygens (including phenoxy) is 1. The zero-order valence-electron chi connectivity index (χ0n) is 17.6. The predicted molar refractivity (Wildman–Crippen MR) is 128 cm³/mol. The van der Waals surface area contributed by atoms with Crippen molar-refractivity contribution in [3.63, 3.8) is 0 Å². The first-order chi connectivity index (χ1) is 15.6. The van der Waals surface area contributed by atoms with Crippen molar-refractivity contribution in [2.75, 3.05) is 23.8 Å². The Morgan fingerprint density at radius 1 is 1.22 bits per heavy atom. The van der Waals surface area contributed by atoms with Crippen LogP contribution in [0.4, 0.5) is 5.69 Å². The highest BCUT2D eigenvalue weighted by Gasteiger charge is 2.24. The van der Waals surface area contributed by atoms with Gasteiger partial charge in [-0.2, -0.15) is 0 Å². The number of hydrogen-bond donors (Lipinski definition) is 0. The monoisotopic (exact) mass is 469 g/mol. The standard InChI is InChI=1S/C24H24ClN3O3S/c25-17-9-10-19-20(13-17)26-24(28(23(19)30)14-18-7-4-12-31-18)32-15-22(29)27-11-3-6-16-5-1-2-8-21(16)27/h1-2,5,8-10,13,18H,3-4,6-7,11-12,14-15H2. The fraction of sp³-hybridized carbons (Fsp3) is 0.375. The highest BCUT2D eigenvalue weighted by atomic mass is 35.5. The SMILES string of the molecule is O=C(CSc1nc2cc(Cl)ccc2c(=O)n1CC1CCCO1)N1CCCc2ccccc21. The molecule has 3 heterocycles. The van der Waals surface area contributed by atoms with Crippen LogP contribution in [-0.2, 0) is 22.5 Å². The van der Waals surface area contributed by atoms with Crippen LogP contribution < -0.4 is 10.5 Å². The summed E-state index contributed by atoms with van der Waals surface area (Å²) in [6.45, 7) is 1.86. The summed E-state index contributed by atoms with van der Waals surface area (Å²) in [5.41, 5.74) is 2.61. The first-order valence-electron chi connectivity index (χ1n) is 10.9. The lowest BCUT2D eigenvalue weighted by atomic mass is 10.0. The largest absolute Gasteiger partial charge is 0.376 e. The number of thioether (sulfide) groups is 1. The van der Waals surface area contributed by atoms with E-state index in [1.54, 1.807) is 22.8 Å². The second kappa shape index (κ2) is 9.25. The second-order valence-electron chi connectivity index (χ2n) is 8.17. The molecule has 0 N–H and O–H groups in total. The number of nitrogens with zero attached hydrogens (tertiary/aromatic N) is 3. The number of aryl methyl sites for hydroxylation is 1. The Kier molecular flexibility index (Phi) is 6.22. The molecule has 1 atom stereocenters. The van der Waals surface area contributed by atoms with Gasteiger partial charge in [0.15, 0.2) is 5.16 Å². The zero-order valence-corrected chi connectivity index (χ0v) is 19.2. The first-order valence-corrected chi connectivity index (χ1v) is 12.3. The molecule has 1 fully saturated rings. The summed E-state index contributed by atoms with van der Waals surface area (Å²) in [7, 11) is 0. The van der Waals surface area contributed by atoms with E-state index in [1.807, 2.05) is 23.1 Å². The molecule has 1 saturated heterocycles. The van der Waals surface area contributed by atoms with Gasteiger partial charge in [-0.15, -0.1) is 0 Å². The third kappa shape index (κ3) is 4.29. The highest BCUT2D eigenvalue weighted by molar-refractivity contribution is 7.99. The summed E-state index contributed by atoms with van der Waals surface area (Å²) in [5.74, 6) is 0.226. The molecule has 1 amide bonds. The van der Waals surface area contributed by atoms with Gasteiger partial charge in [0.25, 0.3) is 5.56 Å². The van der Waals surface area contributed by atoms with Gasteiger partial charge in [0.1, 0.15) is 0 Å². The highest BCUT2D eigenvalue weighted by Crippen LogP contribution is 2.28. The van der Waals surface area contributed by atoms with Crippen LogP contribution in [0, 0.1) is 0 Å². The molecule has 2 aliphatic heterocycles. The van der Waals surface area contributed by atoms with Crippen molar-refractivity contribution in [1.82, 2.24) is 9.55 Å². The van der Waals surface area contributed by atoms with Gasteiger partial charge >= 0.3 is 0 Å². The minimum absolute atomic E-state index is 0.0109. The summed E-state index contributed by atoms with van der Waals surface area (Å²) in [4.78, 5) is 33.0. The molecule has 1 aromatic heterocycles. The van der Waals surface area contributed by atoms with E-state index in [0.29, 0.717) is 40.8 Å². The van der Waals surface area contributed by atoms with Crippen LogP contribution in [0.15, 0.2) is 52.4 Å². The summed E-state index contributed by atoms with van der Waals surface area (Å²) in [6.07, 6.45) is 3.83. The molecule has 0 spiro atoms. The number of hydrogen-bond acceptors (Lipinski definition) is 5. The second-order valence-corrected chi connectivity index (χ2v) is 9.55. The van der Waals surface area contributed by atoms with Gasteiger partial charge in [0, 0.05) is 23.9 Å². The number of halogens is 1. The Bertz CT molecular complexity index is 1220. The Morgan fingerprint density at radius 3 is 2.94 bits per heavy atom. The fourth-order valence-electron chi connectivity index (χ4n) is 4.43. The molecular formula is C24H24ClN3O3S. The number of para-hydroxylation sites is 1. The molecule has 5 rings (SSSR count). The first kappa shape index (κ1) is 21.5. The topological polar surface area (TPSA) is 64.4 Å². The normalized spacial score (nSPS) is 18.2. The molecule has 0 aliphatic carbocycles. The number of rotatable bonds is 5. The molecule has 166 valence electrons. The van der Waals surface area contributed by atoms with E-state index in [2.05, 4.69) is 6.07 Å². The summed E-state index contributed by atoms with van der Waals surface area (Å²) < 4.78 is 7.43. The van der Waals surface area contributed by atoms with Crippen LogP contribution in [0.2, 0.25) is 5.02 Å². The van der Waals surface area contributed by atoms with Crippen molar-refractivity contribution in [1.29, 1.82) is 0 Å². The van der Waals surface area contributed by atoms with Crippen molar-refractivity contribution >= 4 is 45.9 Å². The van der Waals surface area contributed by atoms with Crippen molar-refractivity contribution in [3.8, 4) is 0 Å². The molecule has 6 nitrogen and oxygen atoms in total. The molecule has 2 aliphatic rings. The Labute approximate surface area is 195 Å². The third-order valence-corrected chi connectivity index (χ3v) is 7.22. The lowest BCUT2D eigenvalue weighted by molar-refractivity contribution is -0.116. The molecule has 3 aromatic rings. The van der Waals surface area contributed by atoms with Crippen molar-refractivity contribution < 1.29 is 9.53 Å². The zero-order chi connectivity index (χ0) is 22.1. The van der Waals surface area contributed by atoms with Crippen molar-refractivity contribution in [2.24, 2.45) is 0 Å². The summed E-state index contributed by atoms with van der Waals surface area (Å²) in [5, 5.41) is 1.57. The minimum atomic E-state index is -0.125. The van der Waals surface area contributed by atoms with E-state index >= 15 is 0 Å². The number of benzene rings is 2. The van der Waals surface area contributed by atoms with Gasteiger partial charge in [0.05, 0.1) is 29.3 Å². The lowest BCUT2D eigenvalue weighted by Gasteiger charge is -2.29. The summed E-state index contributed by atoms with van der Waals surface area (Å²) >= 11 is 7.44. The van der Waals surface area contributed by atoms with Crippen LogP contribution in [0.3, 0.4) is 0 Å². The van der Waals surface area contributed by atoms with Gasteiger partial charge in [0.2, 0.25) is 5.91 Å².